The quantitative estimate of drug-likeness (QED) is 0.343. The molecule has 0 saturated heterocycles. The number of nitrogens with one attached hydrogen (secondary N) is 1. The molecule has 3 N–H and O–H groups in total. The molecule has 27 heavy (non-hydrogen) atoms. The predicted molar refractivity (Wildman–Crippen MR) is 113 cm³/mol. The van der Waals surface area contributed by atoms with Gasteiger partial charge in [0, 0.05) is 29.8 Å². The average molecular weight is 380 g/mol. The summed E-state index contributed by atoms with van der Waals surface area (Å²) in [5.74, 6) is -0.240. The molecule has 4 rings (SSSR count). The zero-order valence-corrected chi connectivity index (χ0v) is 15.9. The van der Waals surface area contributed by atoms with E-state index in [4.69, 9.17) is 11.6 Å². The van der Waals surface area contributed by atoms with Crippen molar-refractivity contribution in [3.8, 4) is 0 Å². The number of aliphatic hydroxyl groups excluding tert-OH is 2. The van der Waals surface area contributed by atoms with Crippen LogP contribution in [0.2, 0.25) is 5.02 Å². The zero-order chi connectivity index (χ0) is 19.0. The molecule has 0 bridgehead atoms. The van der Waals surface area contributed by atoms with Crippen LogP contribution in [-0.2, 0) is 6.54 Å². The number of fused-ring (bicyclic) bond motifs is 3. The number of aliphatic hydroxyl groups is 2. The molecular weight excluding hydrogens is 358 g/mol. The number of halogens is 1. The molecule has 0 aliphatic rings. The van der Waals surface area contributed by atoms with Gasteiger partial charge in [0.1, 0.15) is 6.23 Å². The lowest BCUT2D eigenvalue weighted by Gasteiger charge is -2.20. The molecule has 0 aromatic heterocycles. The van der Waals surface area contributed by atoms with E-state index in [0.29, 0.717) is 6.54 Å². The highest BCUT2D eigenvalue weighted by Crippen LogP contribution is 2.38. The van der Waals surface area contributed by atoms with Gasteiger partial charge >= 0.3 is 0 Å². The molecule has 138 valence electrons. The van der Waals surface area contributed by atoms with Crippen molar-refractivity contribution in [1.82, 2.24) is 5.32 Å². The van der Waals surface area contributed by atoms with Gasteiger partial charge in [-0.15, -0.1) is 0 Å². The molecule has 2 atom stereocenters. The van der Waals surface area contributed by atoms with E-state index in [-0.39, 0.29) is 12.5 Å². The molecule has 3 nitrogen and oxygen atoms in total. The first-order chi connectivity index (χ1) is 13.1. The van der Waals surface area contributed by atoms with Crippen LogP contribution >= 0.6 is 11.6 Å². The Balaban J connectivity index is 1.95. The Hall–Kier alpha value is -2.17. The van der Waals surface area contributed by atoms with Crippen molar-refractivity contribution >= 4 is 43.9 Å². The van der Waals surface area contributed by atoms with Crippen molar-refractivity contribution in [1.29, 1.82) is 0 Å². The second kappa shape index (κ2) is 7.45. The van der Waals surface area contributed by atoms with Crippen LogP contribution in [0.3, 0.4) is 0 Å². The minimum Gasteiger partial charge on any atom is -0.396 e. The first kappa shape index (κ1) is 18.2. The minimum absolute atomic E-state index is 0.0685. The van der Waals surface area contributed by atoms with E-state index >= 15 is 0 Å². The summed E-state index contributed by atoms with van der Waals surface area (Å²) in [7, 11) is 0. The fourth-order valence-electron chi connectivity index (χ4n) is 3.60. The lowest BCUT2D eigenvalue weighted by Crippen LogP contribution is -2.35. The third-order valence-electron chi connectivity index (χ3n) is 5.25. The molecule has 0 saturated carbocycles. The zero-order valence-electron chi connectivity index (χ0n) is 15.1. The average Bonchev–Trinajstić information content (AvgIpc) is 2.71. The Morgan fingerprint density at radius 1 is 0.889 bits per heavy atom. The number of hydrogen-bond acceptors (Lipinski definition) is 3. The highest BCUT2D eigenvalue weighted by atomic mass is 35.5. The summed E-state index contributed by atoms with van der Waals surface area (Å²) in [5, 5.41) is 29.9. The largest absolute Gasteiger partial charge is 0.396 e. The third-order valence-corrected chi connectivity index (χ3v) is 5.66. The van der Waals surface area contributed by atoms with Crippen LogP contribution in [0.1, 0.15) is 12.5 Å². The Labute approximate surface area is 163 Å². The lowest BCUT2D eigenvalue weighted by atomic mass is 9.94. The monoisotopic (exact) mass is 379 g/mol. The summed E-state index contributed by atoms with van der Waals surface area (Å²) in [5.41, 5.74) is 1.10. The molecule has 0 aliphatic carbocycles. The van der Waals surface area contributed by atoms with Crippen molar-refractivity contribution in [2.75, 3.05) is 6.61 Å². The topological polar surface area (TPSA) is 52.5 Å². The molecule has 0 aliphatic heterocycles. The Morgan fingerprint density at radius 2 is 1.48 bits per heavy atom. The minimum atomic E-state index is -0.778. The first-order valence-electron chi connectivity index (χ1n) is 9.14. The Morgan fingerprint density at radius 3 is 2.15 bits per heavy atom. The molecule has 0 spiro atoms. The molecule has 0 amide bonds. The van der Waals surface area contributed by atoms with E-state index in [1.165, 1.54) is 0 Å². The van der Waals surface area contributed by atoms with Gasteiger partial charge in [-0.1, -0.05) is 67.1 Å². The van der Waals surface area contributed by atoms with Crippen LogP contribution in [0.15, 0.2) is 60.7 Å². The van der Waals surface area contributed by atoms with Gasteiger partial charge in [-0.05, 0) is 39.2 Å². The van der Waals surface area contributed by atoms with E-state index in [1.54, 1.807) is 0 Å². The lowest BCUT2D eigenvalue weighted by molar-refractivity contribution is 0.0496. The summed E-state index contributed by atoms with van der Waals surface area (Å²) in [6, 6.07) is 20.6. The van der Waals surface area contributed by atoms with Gasteiger partial charge in [-0.3, -0.25) is 5.32 Å². The highest BCUT2D eigenvalue weighted by Gasteiger charge is 2.16. The van der Waals surface area contributed by atoms with Crippen LogP contribution in [0.5, 0.6) is 0 Å². The van der Waals surface area contributed by atoms with Crippen LogP contribution < -0.4 is 5.32 Å². The van der Waals surface area contributed by atoms with Crippen LogP contribution in [0.25, 0.3) is 32.3 Å². The molecule has 0 heterocycles. The predicted octanol–water partition coefficient (Wildman–Crippen LogP) is 4.84. The van der Waals surface area contributed by atoms with E-state index in [0.717, 1.165) is 42.9 Å². The maximum atomic E-state index is 10.3. The van der Waals surface area contributed by atoms with Crippen molar-refractivity contribution in [3.63, 3.8) is 0 Å². The Bertz CT molecular complexity index is 1130. The molecule has 0 radical (unpaired) electrons. The summed E-state index contributed by atoms with van der Waals surface area (Å²) in [6.45, 7) is 2.22. The van der Waals surface area contributed by atoms with Crippen LogP contribution in [-0.4, -0.2) is 23.0 Å². The normalized spacial score (nSPS) is 14.1. The number of rotatable bonds is 5. The molecule has 4 heteroatoms. The molecule has 4 aromatic carbocycles. The molecule has 0 fully saturated rings. The fraction of sp³-hybridized carbons (Fsp3) is 0.217. The van der Waals surface area contributed by atoms with Crippen LogP contribution in [0.4, 0.5) is 0 Å². The SMILES string of the molecule is CC(CO)C(O)NCc1c2ccccc2c(Cl)c2cc3ccccc3cc12. The molecule has 2 unspecified atom stereocenters. The standard InChI is InChI=1S/C23H22ClNO2/c1-14(13-26)23(27)25-12-21-17-8-4-5-9-18(17)22(24)20-11-16-7-3-2-6-15(16)10-19(20)21/h2-11,14,23,25-27H,12-13H2,1H3. The second-order valence-corrected chi connectivity index (χ2v) is 7.45. The smallest absolute Gasteiger partial charge is 0.109 e. The van der Waals surface area contributed by atoms with Crippen molar-refractivity contribution in [2.24, 2.45) is 5.92 Å². The Kier molecular flexibility index (Phi) is 5.02. The van der Waals surface area contributed by atoms with Crippen LogP contribution in [0, 0.1) is 5.92 Å². The van der Waals surface area contributed by atoms with E-state index in [9.17, 15) is 10.2 Å². The maximum Gasteiger partial charge on any atom is 0.109 e. The summed E-state index contributed by atoms with van der Waals surface area (Å²) in [4.78, 5) is 0. The van der Waals surface area contributed by atoms with E-state index < -0.39 is 6.23 Å². The van der Waals surface area contributed by atoms with Crippen molar-refractivity contribution < 1.29 is 10.2 Å². The molecular formula is C23H22ClNO2. The summed E-state index contributed by atoms with van der Waals surface area (Å²) >= 11 is 6.78. The number of hydrogen-bond donors (Lipinski definition) is 3. The fourth-order valence-corrected chi connectivity index (χ4v) is 3.92. The van der Waals surface area contributed by atoms with Gasteiger partial charge < -0.3 is 10.2 Å². The summed E-state index contributed by atoms with van der Waals surface area (Å²) in [6.07, 6.45) is -0.778. The van der Waals surface area contributed by atoms with E-state index in [1.807, 2.05) is 37.3 Å². The van der Waals surface area contributed by atoms with E-state index in [2.05, 4.69) is 35.6 Å². The highest BCUT2D eigenvalue weighted by molar-refractivity contribution is 6.41. The third kappa shape index (κ3) is 3.28. The van der Waals surface area contributed by atoms with Crippen molar-refractivity contribution in [3.05, 3.63) is 71.2 Å². The van der Waals surface area contributed by atoms with Crippen molar-refractivity contribution in [2.45, 2.75) is 19.7 Å². The van der Waals surface area contributed by atoms with Gasteiger partial charge in [0.05, 0.1) is 5.02 Å². The second-order valence-electron chi connectivity index (χ2n) is 7.07. The summed E-state index contributed by atoms with van der Waals surface area (Å²) < 4.78 is 0. The van der Waals surface area contributed by atoms with Gasteiger partial charge in [-0.2, -0.15) is 0 Å². The van der Waals surface area contributed by atoms with Gasteiger partial charge in [0.2, 0.25) is 0 Å². The maximum absolute atomic E-state index is 10.3. The van der Waals surface area contributed by atoms with Gasteiger partial charge in [0.25, 0.3) is 0 Å². The first-order valence-corrected chi connectivity index (χ1v) is 9.52. The van der Waals surface area contributed by atoms with Gasteiger partial charge in [0.15, 0.2) is 0 Å². The molecule has 4 aromatic rings. The van der Waals surface area contributed by atoms with Gasteiger partial charge in [-0.25, -0.2) is 0 Å². The number of benzene rings is 4.